The van der Waals surface area contributed by atoms with Crippen molar-refractivity contribution in [2.24, 2.45) is 0 Å². The lowest BCUT2D eigenvalue weighted by Gasteiger charge is -2.30. The van der Waals surface area contributed by atoms with Crippen molar-refractivity contribution in [3.8, 4) is 0 Å². The highest BCUT2D eigenvalue weighted by Crippen LogP contribution is 2.29. The van der Waals surface area contributed by atoms with Gasteiger partial charge in [0.2, 0.25) is 0 Å². The van der Waals surface area contributed by atoms with Crippen LogP contribution in [0, 0.1) is 0 Å². The van der Waals surface area contributed by atoms with Crippen LogP contribution in [0.3, 0.4) is 0 Å². The second-order valence-electron chi connectivity index (χ2n) is 2.91. The van der Waals surface area contributed by atoms with Crippen molar-refractivity contribution >= 4 is 11.4 Å². The number of anilines is 2. The Labute approximate surface area is 80.2 Å². The van der Waals surface area contributed by atoms with E-state index < -0.39 is 6.61 Å². The Bertz CT molecular complexity index is 319. The number of fused-ring (bicyclic) bond motifs is 1. The molecule has 0 aromatic heterocycles. The van der Waals surface area contributed by atoms with E-state index in [0.717, 1.165) is 5.69 Å². The van der Waals surface area contributed by atoms with Crippen LogP contribution in [0.15, 0.2) is 24.3 Å². The molecule has 0 amide bonds. The van der Waals surface area contributed by atoms with Gasteiger partial charge in [0.25, 0.3) is 0 Å². The summed E-state index contributed by atoms with van der Waals surface area (Å²) in [4.78, 5) is 4.38. The van der Waals surface area contributed by atoms with Crippen LogP contribution < -0.4 is 10.4 Å². The van der Waals surface area contributed by atoms with E-state index in [1.165, 1.54) is 5.06 Å². The van der Waals surface area contributed by atoms with Crippen molar-refractivity contribution in [3.63, 3.8) is 0 Å². The molecule has 1 N–H and O–H groups in total. The van der Waals surface area contributed by atoms with Crippen LogP contribution in [0.4, 0.5) is 20.2 Å². The van der Waals surface area contributed by atoms with Crippen LogP contribution in [0.5, 0.6) is 0 Å². The highest BCUT2D eigenvalue weighted by Gasteiger charge is 2.19. The van der Waals surface area contributed by atoms with E-state index in [1.54, 1.807) is 12.1 Å². The standard InChI is InChI=1S/C9H10F2N2O/c10-9(11)14-13-6-5-12-7-3-1-2-4-8(7)13/h1-4,9,12H,5-6H2. The normalized spacial score (nSPS) is 15.2. The minimum atomic E-state index is -2.78. The third-order valence-corrected chi connectivity index (χ3v) is 2.01. The number of benzene rings is 1. The van der Waals surface area contributed by atoms with Crippen molar-refractivity contribution in [2.45, 2.75) is 6.61 Å². The van der Waals surface area contributed by atoms with Crippen molar-refractivity contribution in [1.29, 1.82) is 0 Å². The average Bonchev–Trinajstić information content (AvgIpc) is 2.18. The number of nitrogens with one attached hydrogen (secondary N) is 1. The van der Waals surface area contributed by atoms with Gasteiger partial charge >= 0.3 is 6.61 Å². The summed E-state index contributed by atoms with van der Waals surface area (Å²) in [6, 6.07) is 7.20. The lowest BCUT2D eigenvalue weighted by Crippen LogP contribution is -2.35. The van der Waals surface area contributed by atoms with Gasteiger partial charge in [-0.05, 0) is 12.1 Å². The summed E-state index contributed by atoms with van der Waals surface area (Å²) in [5.74, 6) is 0. The summed E-state index contributed by atoms with van der Waals surface area (Å²) in [5, 5.41) is 4.32. The Morgan fingerprint density at radius 2 is 2.14 bits per heavy atom. The van der Waals surface area contributed by atoms with E-state index in [9.17, 15) is 8.78 Å². The highest BCUT2D eigenvalue weighted by atomic mass is 19.3. The van der Waals surface area contributed by atoms with Crippen LogP contribution in [0.1, 0.15) is 0 Å². The Balaban J connectivity index is 2.22. The van der Waals surface area contributed by atoms with Crippen LogP contribution in [-0.4, -0.2) is 19.7 Å². The van der Waals surface area contributed by atoms with Crippen molar-refractivity contribution in [3.05, 3.63) is 24.3 Å². The van der Waals surface area contributed by atoms with E-state index in [-0.39, 0.29) is 0 Å². The van der Waals surface area contributed by atoms with Gasteiger partial charge in [0.15, 0.2) is 0 Å². The largest absolute Gasteiger partial charge is 0.381 e. The molecule has 0 radical (unpaired) electrons. The van der Waals surface area contributed by atoms with E-state index in [2.05, 4.69) is 10.2 Å². The summed E-state index contributed by atoms with van der Waals surface area (Å²) < 4.78 is 24.1. The predicted molar refractivity (Wildman–Crippen MR) is 49.4 cm³/mol. The minimum Gasteiger partial charge on any atom is -0.381 e. The second kappa shape index (κ2) is 3.79. The summed E-state index contributed by atoms with van der Waals surface area (Å²) in [7, 11) is 0. The first kappa shape index (κ1) is 9.21. The average molecular weight is 200 g/mol. The predicted octanol–water partition coefficient (Wildman–Crippen LogP) is 2.07. The first-order valence-electron chi connectivity index (χ1n) is 4.33. The minimum absolute atomic E-state index is 0.418. The molecule has 1 aliphatic heterocycles. The van der Waals surface area contributed by atoms with E-state index in [1.807, 2.05) is 12.1 Å². The van der Waals surface area contributed by atoms with Crippen molar-refractivity contribution < 1.29 is 13.6 Å². The number of halogens is 2. The molecule has 76 valence electrons. The third kappa shape index (κ3) is 1.77. The molecule has 0 spiro atoms. The van der Waals surface area contributed by atoms with Crippen molar-refractivity contribution in [2.75, 3.05) is 23.5 Å². The Morgan fingerprint density at radius 1 is 1.36 bits per heavy atom. The van der Waals surface area contributed by atoms with Gasteiger partial charge in [0, 0.05) is 6.54 Å². The Morgan fingerprint density at radius 3 is 2.93 bits per heavy atom. The zero-order valence-electron chi connectivity index (χ0n) is 7.41. The van der Waals surface area contributed by atoms with Crippen molar-refractivity contribution in [1.82, 2.24) is 0 Å². The molecular weight excluding hydrogens is 190 g/mol. The molecule has 1 aromatic rings. The molecule has 1 aliphatic rings. The lowest BCUT2D eigenvalue weighted by molar-refractivity contribution is -0.139. The zero-order chi connectivity index (χ0) is 9.97. The van der Waals surface area contributed by atoms with Crippen LogP contribution in [0.2, 0.25) is 0 Å². The van der Waals surface area contributed by atoms with Gasteiger partial charge in [0.05, 0.1) is 17.9 Å². The number of hydrogen-bond donors (Lipinski definition) is 1. The fourth-order valence-electron chi connectivity index (χ4n) is 1.46. The molecule has 1 heterocycles. The molecule has 3 nitrogen and oxygen atoms in total. The zero-order valence-corrected chi connectivity index (χ0v) is 7.41. The summed E-state index contributed by atoms with van der Waals surface area (Å²) in [6.07, 6.45) is 0. The third-order valence-electron chi connectivity index (χ3n) is 2.01. The monoisotopic (exact) mass is 200 g/mol. The Kier molecular flexibility index (Phi) is 2.49. The number of hydroxylamine groups is 1. The molecule has 0 fully saturated rings. The van der Waals surface area contributed by atoms with Crippen LogP contribution >= 0.6 is 0 Å². The molecule has 14 heavy (non-hydrogen) atoms. The maximum atomic E-state index is 12.0. The fraction of sp³-hybridized carbons (Fsp3) is 0.333. The van der Waals surface area contributed by atoms with Gasteiger partial charge in [-0.3, -0.25) is 0 Å². The lowest BCUT2D eigenvalue weighted by atomic mass is 10.2. The quantitative estimate of drug-likeness (QED) is 0.790. The van der Waals surface area contributed by atoms with Gasteiger partial charge in [-0.1, -0.05) is 12.1 Å². The Hall–Kier alpha value is -1.36. The first-order valence-corrected chi connectivity index (χ1v) is 4.33. The molecular formula is C9H10F2N2O. The fourth-order valence-corrected chi connectivity index (χ4v) is 1.46. The van der Waals surface area contributed by atoms with E-state index >= 15 is 0 Å². The smallest absolute Gasteiger partial charge is 0.364 e. The van der Waals surface area contributed by atoms with Gasteiger partial charge in [-0.25, -0.2) is 9.90 Å². The molecule has 0 unspecified atom stereocenters. The van der Waals surface area contributed by atoms with Gasteiger partial charge in [0.1, 0.15) is 0 Å². The molecule has 5 heteroatoms. The maximum absolute atomic E-state index is 12.0. The second-order valence-corrected chi connectivity index (χ2v) is 2.91. The topological polar surface area (TPSA) is 24.5 Å². The first-order chi connectivity index (χ1) is 6.77. The van der Waals surface area contributed by atoms with E-state index in [0.29, 0.717) is 18.8 Å². The SMILES string of the molecule is FC(F)ON1CCNc2ccccc21. The number of alkyl halides is 2. The summed E-state index contributed by atoms with van der Waals surface area (Å²) >= 11 is 0. The maximum Gasteiger partial charge on any atom is 0.364 e. The van der Waals surface area contributed by atoms with Crippen LogP contribution in [-0.2, 0) is 4.84 Å². The molecule has 0 bridgehead atoms. The highest BCUT2D eigenvalue weighted by molar-refractivity contribution is 5.70. The number of rotatable bonds is 2. The summed E-state index contributed by atoms with van der Waals surface area (Å²) in [6.45, 7) is -1.76. The molecule has 0 atom stereocenters. The van der Waals surface area contributed by atoms with Gasteiger partial charge in [-0.15, -0.1) is 0 Å². The molecule has 1 aromatic carbocycles. The summed E-state index contributed by atoms with van der Waals surface area (Å²) in [5.41, 5.74) is 1.47. The van der Waals surface area contributed by atoms with E-state index in [4.69, 9.17) is 0 Å². The molecule has 2 rings (SSSR count). The van der Waals surface area contributed by atoms with Gasteiger partial charge < -0.3 is 5.32 Å². The molecule has 0 saturated heterocycles. The van der Waals surface area contributed by atoms with Crippen LogP contribution in [0.25, 0.3) is 0 Å². The van der Waals surface area contributed by atoms with Gasteiger partial charge in [-0.2, -0.15) is 8.78 Å². The number of nitrogens with zero attached hydrogens (tertiary/aromatic N) is 1. The number of hydrogen-bond acceptors (Lipinski definition) is 3. The number of para-hydroxylation sites is 2. The molecule has 0 saturated carbocycles. The molecule has 0 aliphatic carbocycles.